The zero-order chi connectivity index (χ0) is 17.8. The molecule has 2 heterocycles. The fraction of sp³-hybridized carbons (Fsp3) is 0.500. The summed E-state index contributed by atoms with van der Waals surface area (Å²) in [5.74, 6) is 2.24. The van der Waals surface area contributed by atoms with Crippen molar-refractivity contribution in [2.45, 2.75) is 39.7 Å². The second kappa shape index (κ2) is 9.69. The van der Waals surface area contributed by atoms with Crippen molar-refractivity contribution >= 4 is 41.3 Å². The number of piperidine rings is 1. The van der Waals surface area contributed by atoms with Crippen molar-refractivity contribution in [3.63, 3.8) is 0 Å². The quantitative estimate of drug-likeness (QED) is 0.394. The highest BCUT2D eigenvalue weighted by Crippen LogP contribution is 2.32. The van der Waals surface area contributed by atoms with Gasteiger partial charge in [-0.2, -0.15) is 0 Å². The van der Waals surface area contributed by atoms with Crippen LogP contribution in [0.5, 0.6) is 0 Å². The van der Waals surface area contributed by atoms with Crippen molar-refractivity contribution in [2.24, 2.45) is 10.9 Å². The van der Waals surface area contributed by atoms with Gasteiger partial charge in [-0.15, -0.1) is 35.3 Å². The molecule has 2 aromatic rings. The average molecular weight is 484 g/mol. The third-order valence-corrected chi connectivity index (χ3v) is 6.19. The minimum atomic E-state index is 0. The number of rotatable bonds is 3. The zero-order valence-electron chi connectivity index (χ0n) is 16.0. The first-order chi connectivity index (χ1) is 12.1. The van der Waals surface area contributed by atoms with Crippen LogP contribution in [0.3, 0.4) is 0 Å². The Hall–Kier alpha value is -1.15. The Balaban J connectivity index is 0.00000243. The lowest BCUT2D eigenvalue weighted by molar-refractivity contribution is 0.234. The van der Waals surface area contributed by atoms with Gasteiger partial charge < -0.3 is 10.2 Å². The first-order valence-electron chi connectivity index (χ1n) is 9.02. The van der Waals surface area contributed by atoms with Gasteiger partial charge in [0.25, 0.3) is 0 Å². The van der Waals surface area contributed by atoms with E-state index >= 15 is 0 Å². The first kappa shape index (κ1) is 21.2. The minimum Gasteiger partial charge on any atom is -0.350 e. The number of aliphatic imine (C=N–C) groups is 1. The summed E-state index contributed by atoms with van der Waals surface area (Å²) in [7, 11) is 1.87. The summed E-state index contributed by atoms with van der Waals surface area (Å²) in [5.41, 5.74) is 2.60. The standard InChI is InChI=1S/C20H28N4S.HI/c1-14-13-24(11-10-18(14)17-8-6-5-7-9-17)20(21-4)22-12-19-23-15(2)16(3)25-19;/h5-9,14,18H,10-13H2,1-4H3,(H,21,22);1H. The predicted molar refractivity (Wildman–Crippen MR) is 122 cm³/mol. The fourth-order valence-electron chi connectivity index (χ4n) is 3.64. The first-order valence-corrected chi connectivity index (χ1v) is 9.83. The van der Waals surface area contributed by atoms with Gasteiger partial charge >= 0.3 is 0 Å². The zero-order valence-corrected chi connectivity index (χ0v) is 19.2. The van der Waals surface area contributed by atoms with Crippen LogP contribution in [0.4, 0.5) is 0 Å². The van der Waals surface area contributed by atoms with Gasteiger partial charge in [0.1, 0.15) is 5.01 Å². The van der Waals surface area contributed by atoms with Gasteiger partial charge in [0.05, 0.1) is 12.2 Å². The molecule has 0 radical (unpaired) electrons. The molecule has 1 aliphatic heterocycles. The Labute approximate surface area is 178 Å². The van der Waals surface area contributed by atoms with Crippen molar-refractivity contribution in [1.29, 1.82) is 0 Å². The summed E-state index contributed by atoms with van der Waals surface area (Å²) in [6.07, 6.45) is 1.17. The highest BCUT2D eigenvalue weighted by molar-refractivity contribution is 14.0. The van der Waals surface area contributed by atoms with Crippen LogP contribution in [0.1, 0.15) is 40.4 Å². The van der Waals surface area contributed by atoms with E-state index in [9.17, 15) is 0 Å². The monoisotopic (exact) mass is 484 g/mol. The molecular weight excluding hydrogens is 455 g/mol. The molecule has 0 bridgehead atoms. The Morgan fingerprint density at radius 3 is 2.62 bits per heavy atom. The molecule has 2 atom stereocenters. The SMILES string of the molecule is CN=C(NCc1nc(C)c(C)s1)N1CCC(c2ccccc2)C(C)C1.I. The Kier molecular flexibility index (Phi) is 7.88. The molecule has 1 aromatic carbocycles. The van der Waals surface area contributed by atoms with Crippen LogP contribution in [0.2, 0.25) is 0 Å². The largest absolute Gasteiger partial charge is 0.350 e. The van der Waals surface area contributed by atoms with E-state index < -0.39 is 0 Å². The smallest absolute Gasteiger partial charge is 0.194 e. The van der Waals surface area contributed by atoms with Gasteiger partial charge in [0.15, 0.2) is 5.96 Å². The van der Waals surface area contributed by atoms with Crippen LogP contribution >= 0.6 is 35.3 Å². The second-order valence-electron chi connectivity index (χ2n) is 6.88. The van der Waals surface area contributed by atoms with Crippen LogP contribution in [-0.4, -0.2) is 36.0 Å². The summed E-state index contributed by atoms with van der Waals surface area (Å²) >= 11 is 1.76. The van der Waals surface area contributed by atoms with E-state index in [1.165, 1.54) is 16.9 Å². The van der Waals surface area contributed by atoms with Crippen molar-refractivity contribution in [2.75, 3.05) is 20.1 Å². The summed E-state index contributed by atoms with van der Waals surface area (Å²) < 4.78 is 0. The maximum Gasteiger partial charge on any atom is 0.194 e. The third-order valence-electron chi connectivity index (χ3n) is 5.11. The van der Waals surface area contributed by atoms with E-state index in [1.54, 1.807) is 11.3 Å². The lowest BCUT2D eigenvalue weighted by Crippen LogP contribution is -2.47. The predicted octanol–water partition coefficient (Wildman–Crippen LogP) is 4.58. The highest BCUT2D eigenvalue weighted by atomic mass is 127. The molecule has 6 heteroatoms. The van der Waals surface area contributed by atoms with E-state index in [2.05, 4.69) is 71.3 Å². The number of nitrogens with zero attached hydrogens (tertiary/aromatic N) is 3. The van der Waals surface area contributed by atoms with E-state index in [0.717, 1.165) is 36.3 Å². The molecule has 1 aromatic heterocycles. The molecule has 0 spiro atoms. The molecule has 3 rings (SSSR count). The molecule has 26 heavy (non-hydrogen) atoms. The molecule has 1 aliphatic rings. The summed E-state index contributed by atoms with van der Waals surface area (Å²) in [6, 6.07) is 10.9. The van der Waals surface area contributed by atoms with Crippen molar-refractivity contribution in [3.05, 3.63) is 51.5 Å². The number of aromatic nitrogens is 1. The van der Waals surface area contributed by atoms with Crippen LogP contribution in [0, 0.1) is 19.8 Å². The molecular formula is C20H29IN4S. The average Bonchev–Trinajstić information content (AvgIpc) is 2.94. The molecule has 142 valence electrons. The maximum atomic E-state index is 4.61. The molecule has 0 saturated carbocycles. The summed E-state index contributed by atoms with van der Waals surface area (Å²) in [4.78, 5) is 12.8. The fourth-order valence-corrected chi connectivity index (χ4v) is 4.51. The van der Waals surface area contributed by atoms with Gasteiger partial charge in [-0.25, -0.2) is 4.98 Å². The Morgan fingerprint density at radius 2 is 2.04 bits per heavy atom. The molecule has 1 saturated heterocycles. The van der Waals surface area contributed by atoms with Gasteiger partial charge in [0.2, 0.25) is 0 Å². The normalized spacial score (nSPS) is 20.6. The number of guanidine groups is 1. The number of hydrogen-bond acceptors (Lipinski definition) is 3. The topological polar surface area (TPSA) is 40.5 Å². The number of hydrogen-bond donors (Lipinski definition) is 1. The Bertz CT molecular complexity index is 709. The van der Waals surface area contributed by atoms with Gasteiger partial charge in [-0.3, -0.25) is 4.99 Å². The van der Waals surface area contributed by atoms with E-state index in [0.29, 0.717) is 11.8 Å². The second-order valence-corrected chi connectivity index (χ2v) is 8.17. The maximum absolute atomic E-state index is 4.61. The molecule has 2 unspecified atom stereocenters. The lowest BCUT2D eigenvalue weighted by Gasteiger charge is -2.38. The number of benzene rings is 1. The van der Waals surface area contributed by atoms with Crippen LogP contribution in [0.25, 0.3) is 0 Å². The molecule has 4 nitrogen and oxygen atoms in total. The minimum absolute atomic E-state index is 0. The van der Waals surface area contributed by atoms with E-state index in [1.807, 2.05) is 7.05 Å². The van der Waals surface area contributed by atoms with Crippen molar-refractivity contribution < 1.29 is 0 Å². The van der Waals surface area contributed by atoms with E-state index in [4.69, 9.17) is 0 Å². The van der Waals surface area contributed by atoms with Crippen molar-refractivity contribution in [1.82, 2.24) is 15.2 Å². The number of aryl methyl sites for hydroxylation is 2. The highest BCUT2D eigenvalue weighted by Gasteiger charge is 2.28. The van der Waals surface area contributed by atoms with Gasteiger partial charge in [-0.05, 0) is 37.7 Å². The van der Waals surface area contributed by atoms with Crippen LogP contribution in [-0.2, 0) is 6.54 Å². The molecule has 0 aliphatic carbocycles. The summed E-state index contributed by atoms with van der Waals surface area (Å²) in [6.45, 7) is 9.37. The van der Waals surface area contributed by atoms with E-state index in [-0.39, 0.29) is 24.0 Å². The molecule has 1 N–H and O–H groups in total. The number of thiazole rings is 1. The number of nitrogens with one attached hydrogen (secondary N) is 1. The Morgan fingerprint density at radius 1 is 1.31 bits per heavy atom. The molecule has 1 fully saturated rings. The lowest BCUT2D eigenvalue weighted by atomic mass is 9.82. The molecule has 0 amide bonds. The van der Waals surface area contributed by atoms with Crippen molar-refractivity contribution in [3.8, 4) is 0 Å². The number of halogens is 1. The number of likely N-dealkylation sites (tertiary alicyclic amines) is 1. The van der Waals surface area contributed by atoms with Gasteiger partial charge in [-0.1, -0.05) is 37.3 Å². The van der Waals surface area contributed by atoms with Gasteiger partial charge in [0, 0.05) is 25.0 Å². The van der Waals surface area contributed by atoms with Crippen LogP contribution < -0.4 is 5.32 Å². The van der Waals surface area contributed by atoms with Crippen LogP contribution in [0.15, 0.2) is 35.3 Å². The third kappa shape index (κ3) is 4.97. The summed E-state index contributed by atoms with van der Waals surface area (Å²) in [5, 5.41) is 4.62.